The lowest BCUT2D eigenvalue weighted by molar-refractivity contribution is -0.134. The summed E-state index contributed by atoms with van der Waals surface area (Å²) in [6.45, 7) is 1.84. The Morgan fingerprint density at radius 2 is 1.95 bits per heavy atom. The maximum Gasteiger partial charge on any atom is 0.415 e. The number of nitrogens with one attached hydrogen (secondary N) is 1. The molecule has 0 saturated heterocycles. The van der Waals surface area contributed by atoms with Gasteiger partial charge in [0.15, 0.2) is 5.78 Å². The first kappa shape index (κ1) is 16.9. The lowest BCUT2D eigenvalue weighted by Crippen LogP contribution is -2.44. The molecule has 0 aliphatic heterocycles. The smallest absolute Gasteiger partial charge is 0.415 e. The lowest BCUT2D eigenvalue weighted by atomic mass is 10.2. The van der Waals surface area contributed by atoms with Crippen molar-refractivity contribution in [1.29, 1.82) is 0 Å². The minimum atomic E-state index is -4.86. The van der Waals surface area contributed by atoms with Gasteiger partial charge in [-0.1, -0.05) is 11.6 Å². The molecular formula is C11H12ClF3NO3P. The molecule has 0 fully saturated rings. The zero-order valence-corrected chi connectivity index (χ0v) is 12.2. The number of phenolic OH excluding ortho intramolecular Hbond substituents is 1. The van der Waals surface area contributed by atoms with Crippen LogP contribution in [0.3, 0.4) is 0 Å². The van der Waals surface area contributed by atoms with Gasteiger partial charge in [0.25, 0.3) is 5.91 Å². The van der Waals surface area contributed by atoms with Gasteiger partial charge >= 0.3 is 6.18 Å². The van der Waals surface area contributed by atoms with E-state index >= 15 is 0 Å². The van der Waals surface area contributed by atoms with Gasteiger partial charge in [0.05, 0.1) is 5.56 Å². The third kappa shape index (κ3) is 4.15. The average Bonchev–Trinajstić information content (AvgIpc) is 2.25. The molecule has 1 rings (SSSR count). The minimum absolute atomic E-state index is 0.0766. The largest absolute Gasteiger partial charge is 0.507 e. The standard InChI is InChI=1S/C11H12ClF3NO3P/c1-20(2,19)10(11(13,14)15)16-9(18)7-5-6(12)3-4-8(7)17/h3-5,10,17H,1-2H3,(H,16,18)/t10-/m1/s1. The number of carbonyl (C=O) groups is 1. The van der Waals surface area contributed by atoms with Crippen molar-refractivity contribution < 1.29 is 27.6 Å². The van der Waals surface area contributed by atoms with Gasteiger partial charge in [-0.15, -0.1) is 0 Å². The van der Waals surface area contributed by atoms with Crippen molar-refractivity contribution in [3.63, 3.8) is 0 Å². The molecule has 1 aromatic rings. The molecule has 0 aliphatic carbocycles. The molecule has 0 unspecified atom stereocenters. The van der Waals surface area contributed by atoms with Gasteiger partial charge in [0, 0.05) is 5.02 Å². The highest BCUT2D eigenvalue weighted by molar-refractivity contribution is 7.63. The van der Waals surface area contributed by atoms with E-state index in [9.17, 15) is 27.6 Å². The fraction of sp³-hybridized carbons (Fsp3) is 0.364. The second-order valence-corrected chi connectivity index (χ2v) is 8.33. The van der Waals surface area contributed by atoms with E-state index < -0.39 is 36.3 Å². The van der Waals surface area contributed by atoms with Gasteiger partial charge < -0.3 is 15.0 Å². The van der Waals surface area contributed by atoms with Crippen LogP contribution in [0.15, 0.2) is 18.2 Å². The summed E-state index contributed by atoms with van der Waals surface area (Å²) < 4.78 is 50.0. The summed E-state index contributed by atoms with van der Waals surface area (Å²) >= 11 is 5.61. The van der Waals surface area contributed by atoms with Gasteiger partial charge in [-0.3, -0.25) is 4.79 Å². The Bertz CT molecular complexity index is 571. The molecule has 0 radical (unpaired) electrons. The van der Waals surface area contributed by atoms with Crippen LogP contribution in [0.4, 0.5) is 13.2 Å². The summed E-state index contributed by atoms with van der Waals surface area (Å²) in [6, 6.07) is 3.38. The van der Waals surface area contributed by atoms with Crippen molar-refractivity contribution in [3.05, 3.63) is 28.8 Å². The Morgan fingerprint density at radius 1 is 1.40 bits per heavy atom. The number of aromatic hydroxyl groups is 1. The summed E-state index contributed by atoms with van der Waals surface area (Å²) in [5.41, 5.74) is -0.416. The number of rotatable bonds is 3. The first-order valence-corrected chi connectivity index (χ1v) is 8.38. The van der Waals surface area contributed by atoms with Crippen LogP contribution >= 0.6 is 18.7 Å². The van der Waals surface area contributed by atoms with Crippen LogP contribution in [0.5, 0.6) is 5.75 Å². The van der Waals surface area contributed by atoms with E-state index in [2.05, 4.69) is 0 Å². The van der Waals surface area contributed by atoms with Crippen LogP contribution in [0.2, 0.25) is 5.02 Å². The molecule has 1 atom stereocenters. The Hall–Kier alpha value is -1.20. The number of alkyl halides is 3. The third-order valence-electron chi connectivity index (χ3n) is 2.40. The molecule has 4 nitrogen and oxygen atoms in total. The summed E-state index contributed by atoms with van der Waals surface area (Å²) in [6.07, 6.45) is -4.86. The Morgan fingerprint density at radius 3 is 2.40 bits per heavy atom. The summed E-state index contributed by atoms with van der Waals surface area (Å²) in [4.78, 5) is 11.8. The van der Waals surface area contributed by atoms with Gasteiger partial charge in [-0.25, -0.2) is 0 Å². The second kappa shape index (κ2) is 5.66. The Labute approximate surface area is 118 Å². The van der Waals surface area contributed by atoms with E-state index in [4.69, 9.17) is 11.6 Å². The SMILES string of the molecule is CP(C)(=O)[C@@H](NC(=O)c1cc(Cl)ccc1O)C(F)(F)F. The van der Waals surface area contributed by atoms with Crippen molar-refractivity contribution in [2.75, 3.05) is 13.3 Å². The van der Waals surface area contributed by atoms with Gasteiger partial charge in [-0.2, -0.15) is 13.2 Å². The molecule has 2 N–H and O–H groups in total. The van der Waals surface area contributed by atoms with Crippen LogP contribution in [0.1, 0.15) is 10.4 Å². The zero-order valence-electron chi connectivity index (χ0n) is 10.5. The molecule has 112 valence electrons. The first-order chi connectivity index (χ1) is 8.93. The number of benzene rings is 1. The second-order valence-electron chi connectivity index (χ2n) is 4.51. The fourth-order valence-corrected chi connectivity index (χ4v) is 2.79. The highest BCUT2D eigenvalue weighted by Crippen LogP contribution is 2.48. The van der Waals surface area contributed by atoms with Crippen LogP contribution < -0.4 is 5.32 Å². The molecule has 0 heterocycles. The van der Waals surface area contributed by atoms with E-state index in [-0.39, 0.29) is 5.02 Å². The molecule has 0 bridgehead atoms. The van der Waals surface area contributed by atoms with Gasteiger partial charge in [0.2, 0.25) is 0 Å². The van der Waals surface area contributed by atoms with E-state index in [1.165, 1.54) is 6.07 Å². The molecule has 20 heavy (non-hydrogen) atoms. The monoisotopic (exact) mass is 329 g/mol. The highest BCUT2D eigenvalue weighted by Gasteiger charge is 2.48. The average molecular weight is 330 g/mol. The van der Waals surface area contributed by atoms with Crippen LogP contribution in [-0.4, -0.2) is 36.3 Å². The predicted molar refractivity (Wildman–Crippen MR) is 69.9 cm³/mol. The van der Waals surface area contributed by atoms with Crippen molar-refractivity contribution in [1.82, 2.24) is 5.32 Å². The number of carbonyl (C=O) groups excluding carboxylic acids is 1. The van der Waals surface area contributed by atoms with Crippen molar-refractivity contribution in [2.45, 2.75) is 12.0 Å². The Balaban J connectivity index is 3.10. The van der Waals surface area contributed by atoms with E-state index in [0.29, 0.717) is 0 Å². The van der Waals surface area contributed by atoms with E-state index in [1.807, 2.05) is 0 Å². The summed E-state index contributed by atoms with van der Waals surface area (Å²) in [5, 5.41) is 11.2. The maximum atomic E-state index is 12.8. The number of halogens is 4. The van der Waals surface area contributed by atoms with E-state index in [1.54, 1.807) is 5.32 Å². The van der Waals surface area contributed by atoms with Crippen molar-refractivity contribution >= 4 is 24.7 Å². The normalized spacial score (nSPS) is 13.9. The number of hydrogen-bond donors (Lipinski definition) is 2. The molecule has 0 saturated carbocycles. The van der Waals surface area contributed by atoms with Crippen molar-refractivity contribution in [2.24, 2.45) is 0 Å². The Kier molecular flexibility index (Phi) is 4.77. The number of phenols is 1. The van der Waals surface area contributed by atoms with Gasteiger partial charge in [-0.05, 0) is 31.5 Å². The predicted octanol–water partition coefficient (Wildman–Crippen LogP) is 3.29. The molecule has 0 spiro atoms. The number of hydrogen-bond acceptors (Lipinski definition) is 3. The number of amides is 1. The van der Waals surface area contributed by atoms with Crippen LogP contribution in [-0.2, 0) is 4.57 Å². The van der Waals surface area contributed by atoms with E-state index in [0.717, 1.165) is 25.5 Å². The lowest BCUT2D eigenvalue weighted by Gasteiger charge is -2.25. The van der Waals surface area contributed by atoms with Crippen LogP contribution in [0.25, 0.3) is 0 Å². The summed E-state index contributed by atoms with van der Waals surface area (Å²) in [7, 11) is -3.67. The molecule has 9 heteroatoms. The molecule has 0 aromatic heterocycles. The zero-order chi connectivity index (χ0) is 15.7. The van der Waals surface area contributed by atoms with Crippen LogP contribution in [0, 0.1) is 0 Å². The third-order valence-corrected chi connectivity index (χ3v) is 4.30. The molecule has 1 amide bonds. The fourth-order valence-electron chi connectivity index (χ4n) is 1.48. The molecule has 1 aromatic carbocycles. The first-order valence-electron chi connectivity index (χ1n) is 5.33. The minimum Gasteiger partial charge on any atom is -0.507 e. The maximum absolute atomic E-state index is 12.8. The highest BCUT2D eigenvalue weighted by atomic mass is 35.5. The summed E-state index contributed by atoms with van der Waals surface area (Å²) in [5.74, 6) is -4.20. The van der Waals surface area contributed by atoms with Gasteiger partial charge in [0.1, 0.15) is 12.9 Å². The molecular weight excluding hydrogens is 318 g/mol. The molecule has 0 aliphatic rings. The topological polar surface area (TPSA) is 66.4 Å². The van der Waals surface area contributed by atoms with Crippen molar-refractivity contribution in [3.8, 4) is 5.75 Å². The quantitative estimate of drug-likeness (QED) is 0.836.